The van der Waals surface area contributed by atoms with Gasteiger partial charge in [0.1, 0.15) is 10.6 Å². The van der Waals surface area contributed by atoms with Gasteiger partial charge < -0.3 is 9.64 Å². The molecule has 0 N–H and O–H groups in total. The molecule has 0 aliphatic carbocycles. The van der Waals surface area contributed by atoms with Gasteiger partial charge in [-0.3, -0.25) is 4.90 Å². The second kappa shape index (κ2) is 8.70. The summed E-state index contributed by atoms with van der Waals surface area (Å²) in [6, 6.07) is 12.5. The summed E-state index contributed by atoms with van der Waals surface area (Å²) in [6.45, 7) is 4.76. The number of fused-ring (bicyclic) bond motifs is 1. The summed E-state index contributed by atoms with van der Waals surface area (Å²) in [5.41, 5.74) is 1.65. The van der Waals surface area contributed by atoms with Crippen molar-refractivity contribution in [1.29, 1.82) is 0 Å². The van der Waals surface area contributed by atoms with Crippen LogP contribution in [0.2, 0.25) is 0 Å². The molecule has 0 unspecified atom stereocenters. The van der Waals surface area contributed by atoms with Crippen molar-refractivity contribution in [3.05, 3.63) is 58.7 Å². The molecule has 0 radical (unpaired) electrons. The van der Waals surface area contributed by atoms with E-state index >= 15 is 0 Å². The molecule has 1 aliphatic rings. The quantitative estimate of drug-likeness (QED) is 0.543. The van der Waals surface area contributed by atoms with Crippen LogP contribution in [0, 0.1) is 0 Å². The van der Waals surface area contributed by atoms with Crippen LogP contribution in [-0.2, 0) is 16.6 Å². The Kier molecular flexibility index (Phi) is 6.20. The molecule has 0 amide bonds. The van der Waals surface area contributed by atoms with Crippen molar-refractivity contribution in [2.75, 3.05) is 40.3 Å². The zero-order valence-electron chi connectivity index (χ0n) is 17.2. The lowest BCUT2D eigenvalue weighted by Gasteiger charge is -2.19. The molecular formula is C22H26BrN3O3S. The van der Waals surface area contributed by atoms with Gasteiger partial charge in [0.2, 0.25) is 0 Å². The van der Waals surface area contributed by atoms with Gasteiger partial charge in [-0.1, -0.05) is 12.1 Å². The maximum atomic E-state index is 13.5. The van der Waals surface area contributed by atoms with Crippen molar-refractivity contribution in [3.8, 4) is 5.75 Å². The molecule has 30 heavy (non-hydrogen) atoms. The molecule has 0 atom stereocenters. The van der Waals surface area contributed by atoms with E-state index in [-0.39, 0.29) is 4.90 Å². The summed E-state index contributed by atoms with van der Waals surface area (Å²) in [7, 11) is 0.0191. The molecule has 4 rings (SSSR count). The Morgan fingerprint density at radius 1 is 1.07 bits per heavy atom. The van der Waals surface area contributed by atoms with E-state index in [9.17, 15) is 8.42 Å². The van der Waals surface area contributed by atoms with E-state index in [1.165, 1.54) is 3.97 Å². The van der Waals surface area contributed by atoms with Gasteiger partial charge in [0, 0.05) is 35.7 Å². The minimum absolute atomic E-state index is 0.251. The maximum absolute atomic E-state index is 13.5. The third-order valence-electron chi connectivity index (χ3n) is 5.64. The average Bonchev–Trinajstić information content (AvgIpc) is 2.97. The van der Waals surface area contributed by atoms with Gasteiger partial charge in [-0.15, -0.1) is 0 Å². The summed E-state index contributed by atoms with van der Waals surface area (Å²) in [5, 5.41) is 0.905. The first kappa shape index (κ1) is 21.4. The normalized spacial score (nSPS) is 16.6. The molecule has 1 fully saturated rings. The van der Waals surface area contributed by atoms with E-state index < -0.39 is 10.0 Å². The minimum atomic E-state index is -3.75. The summed E-state index contributed by atoms with van der Waals surface area (Å²) in [4.78, 5) is 4.98. The van der Waals surface area contributed by atoms with Crippen molar-refractivity contribution >= 4 is 36.9 Å². The van der Waals surface area contributed by atoms with Gasteiger partial charge in [0.05, 0.1) is 12.6 Å². The lowest BCUT2D eigenvalue weighted by atomic mass is 10.1. The van der Waals surface area contributed by atoms with Crippen LogP contribution in [0.5, 0.6) is 5.75 Å². The number of methoxy groups -OCH3 is 1. The SMILES string of the molecule is COc1ccc2c(c1)c(CN1CCCN(C)CC1)cn2S(=O)(=O)c1ccccc1Br. The lowest BCUT2D eigenvalue weighted by molar-refractivity contribution is 0.270. The number of halogens is 1. The number of aromatic nitrogens is 1. The van der Waals surface area contributed by atoms with Crippen LogP contribution in [0.4, 0.5) is 0 Å². The summed E-state index contributed by atoms with van der Waals surface area (Å²) in [6.07, 6.45) is 2.88. The highest BCUT2D eigenvalue weighted by molar-refractivity contribution is 9.10. The first-order valence-corrected chi connectivity index (χ1v) is 12.2. The van der Waals surface area contributed by atoms with Gasteiger partial charge in [-0.05, 0) is 78.4 Å². The number of rotatable bonds is 5. The molecule has 0 spiro atoms. The largest absolute Gasteiger partial charge is 0.497 e. The fourth-order valence-electron chi connectivity index (χ4n) is 3.96. The lowest BCUT2D eigenvalue weighted by Crippen LogP contribution is -2.28. The molecule has 0 saturated carbocycles. The Labute approximate surface area is 186 Å². The Morgan fingerprint density at radius 2 is 1.87 bits per heavy atom. The smallest absolute Gasteiger partial charge is 0.269 e. The standard InChI is InChI=1S/C22H26BrN3O3S/c1-24-10-5-11-25(13-12-24)15-17-16-26(21-9-8-18(29-2)14-19(17)21)30(27,28)22-7-4-3-6-20(22)23/h3-4,6-9,14,16H,5,10-13,15H2,1-2H3. The third-order valence-corrected chi connectivity index (χ3v) is 8.33. The van der Waals surface area contributed by atoms with Gasteiger partial charge in [0.25, 0.3) is 10.0 Å². The van der Waals surface area contributed by atoms with Gasteiger partial charge in [-0.25, -0.2) is 12.4 Å². The van der Waals surface area contributed by atoms with Crippen molar-refractivity contribution in [2.45, 2.75) is 17.9 Å². The number of hydrogen-bond acceptors (Lipinski definition) is 5. The fourth-order valence-corrected chi connectivity index (χ4v) is 6.32. The fraction of sp³-hybridized carbons (Fsp3) is 0.364. The zero-order valence-corrected chi connectivity index (χ0v) is 19.6. The first-order chi connectivity index (χ1) is 14.4. The second-order valence-electron chi connectivity index (χ2n) is 7.70. The molecular weight excluding hydrogens is 466 g/mol. The van der Waals surface area contributed by atoms with E-state index in [0.717, 1.165) is 49.3 Å². The monoisotopic (exact) mass is 491 g/mol. The molecule has 1 saturated heterocycles. The predicted molar refractivity (Wildman–Crippen MR) is 123 cm³/mol. The summed E-state index contributed by atoms with van der Waals surface area (Å²) >= 11 is 3.39. The van der Waals surface area contributed by atoms with Crippen LogP contribution in [-0.4, -0.2) is 62.5 Å². The summed E-state index contributed by atoms with van der Waals surface area (Å²) < 4.78 is 34.4. The van der Waals surface area contributed by atoms with Crippen LogP contribution in [0.3, 0.4) is 0 Å². The van der Waals surface area contributed by atoms with E-state index in [0.29, 0.717) is 16.5 Å². The highest BCUT2D eigenvalue weighted by atomic mass is 79.9. The first-order valence-electron chi connectivity index (χ1n) is 9.99. The van der Waals surface area contributed by atoms with Crippen LogP contribution in [0.15, 0.2) is 58.0 Å². The maximum Gasteiger partial charge on any atom is 0.269 e. The Bertz CT molecular complexity index is 1160. The van der Waals surface area contributed by atoms with Gasteiger partial charge in [0.15, 0.2) is 0 Å². The van der Waals surface area contributed by atoms with Gasteiger partial charge in [-0.2, -0.15) is 0 Å². The van der Waals surface area contributed by atoms with Crippen LogP contribution < -0.4 is 4.74 Å². The molecule has 0 bridgehead atoms. The van der Waals surface area contributed by atoms with Crippen molar-refractivity contribution in [3.63, 3.8) is 0 Å². The van der Waals surface area contributed by atoms with Crippen LogP contribution >= 0.6 is 15.9 Å². The molecule has 3 aromatic rings. The predicted octanol–water partition coefficient (Wildman–Crippen LogP) is 3.79. The van der Waals surface area contributed by atoms with E-state index in [1.54, 1.807) is 37.6 Å². The number of ether oxygens (including phenoxy) is 1. The molecule has 1 aromatic heterocycles. The Morgan fingerprint density at radius 3 is 2.63 bits per heavy atom. The summed E-state index contributed by atoms with van der Waals surface area (Å²) in [5.74, 6) is 0.718. The number of likely N-dealkylation sites (N-methyl/N-ethyl adjacent to an activating group) is 1. The second-order valence-corrected chi connectivity index (χ2v) is 10.3. The molecule has 8 heteroatoms. The number of nitrogens with zero attached hydrogens (tertiary/aromatic N) is 3. The van der Waals surface area contributed by atoms with Crippen molar-refractivity contribution in [1.82, 2.24) is 13.8 Å². The minimum Gasteiger partial charge on any atom is -0.497 e. The van der Waals surface area contributed by atoms with Crippen LogP contribution in [0.25, 0.3) is 10.9 Å². The van der Waals surface area contributed by atoms with E-state index in [1.807, 2.05) is 18.2 Å². The van der Waals surface area contributed by atoms with Gasteiger partial charge >= 0.3 is 0 Å². The Hall–Kier alpha value is -1.87. The molecule has 2 heterocycles. The Balaban J connectivity index is 1.80. The highest BCUT2D eigenvalue weighted by Gasteiger charge is 2.24. The highest BCUT2D eigenvalue weighted by Crippen LogP contribution is 2.32. The van der Waals surface area contributed by atoms with Crippen LogP contribution in [0.1, 0.15) is 12.0 Å². The number of benzene rings is 2. The van der Waals surface area contributed by atoms with E-state index in [2.05, 4.69) is 32.8 Å². The van der Waals surface area contributed by atoms with Crippen molar-refractivity contribution < 1.29 is 13.2 Å². The van der Waals surface area contributed by atoms with E-state index in [4.69, 9.17) is 4.74 Å². The molecule has 2 aromatic carbocycles. The zero-order chi connectivity index (χ0) is 21.3. The van der Waals surface area contributed by atoms with Crippen molar-refractivity contribution in [2.24, 2.45) is 0 Å². The molecule has 6 nitrogen and oxygen atoms in total. The number of hydrogen-bond donors (Lipinski definition) is 0. The average molecular weight is 492 g/mol. The third kappa shape index (κ3) is 4.14. The topological polar surface area (TPSA) is 54.8 Å². The molecule has 160 valence electrons. The molecule has 1 aliphatic heterocycles.